The molecule has 1 aromatic carbocycles. The van der Waals surface area contributed by atoms with Crippen molar-refractivity contribution >= 4 is 18.0 Å². The van der Waals surface area contributed by atoms with Crippen LogP contribution in [-0.2, 0) is 25.7 Å². The Hall–Kier alpha value is -2.78. The van der Waals surface area contributed by atoms with E-state index in [0.29, 0.717) is 0 Å². The van der Waals surface area contributed by atoms with Gasteiger partial charge >= 0.3 is 24.1 Å². The minimum absolute atomic E-state index is 0.0213. The second kappa shape index (κ2) is 11.4. The van der Waals surface area contributed by atoms with Crippen LogP contribution in [0.1, 0.15) is 45.6 Å². The van der Waals surface area contributed by atoms with Gasteiger partial charge in [-0.05, 0) is 39.2 Å². The number of hydrogen-bond donors (Lipinski definition) is 2. The summed E-state index contributed by atoms with van der Waals surface area (Å²) in [5.74, 6) is -2.61. The maximum atomic E-state index is 12.2. The molecule has 1 aromatic rings. The Kier molecular flexibility index (Phi) is 9.61. The van der Waals surface area contributed by atoms with Gasteiger partial charge in [-0.2, -0.15) is 13.2 Å². The molecule has 0 heterocycles. The van der Waals surface area contributed by atoms with Gasteiger partial charge in [-0.3, -0.25) is 9.59 Å². The highest BCUT2D eigenvalue weighted by atomic mass is 19.4. The standard InChI is InChI=1S/C20H27F3N2O5/c1-19(2,3)30-16(26)12-15(10-7-11-24-17(27)20(21,22)23)25-18(28)29-13-14-8-5-4-6-9-14/h4-6,8-9,15H,7,10-13H2,1-3H3,(H,24,27)(H,25,28)/t15-/m0/s1. The number of carbonyl (C=O) groups excluding carboxylic acids is 3. The number of alkyl carbamates (subject to hydrolysis) is 1. The van der Waals surface area contributed by atoms with Crippen molar-refractivity contribution in [3.05, 3.63) is 35.9 Å². The first-order valence-corrected chi connectivity index (χ1v) is 9.41. The van der Waals surface area contributed by atoms with E-state index < -0.39 is 35.8 Å². The van der Waals surface area contributed by atoms with Crippen molar-refractivity contribution in [1.29, 1.82) is 0 Å². The number of halogens is 3. The Balaban J connectivity index is 2.57. The lowest BCUT2D eigenvalue weighted by molar-refractivity contribution is -0.173. The number of benzene rings is 1. The van der Waals surface area contributed by atoms with Crippen molar-refractivity contribution in [3.8, 4) is 0 Å². The van der Waals surface area contributed by atoms with Crippen molar-refractivity contribution in [1.82, 2.24) is 10.6 Å². The fourth-order valence-electron chi connectivity index (χ4n) is 2.39. The molecule has 30 heavy (non-hydrogen) atoms. The Morgan fingerprint density at radius 1 is 1.07 bits per heavy atom. The zero-order chi connectivity index (χ0) is 22.8. The molecule has 0 aromatic heterocycles. The van der Waals surface area contributed by atoms with Gasteiger partial charge in [-0.25, -0.2) is 4.79 Å². The highest BCUT2D eigenvalue weighted by Gasteiger charge is 2.38. The Labute approximate surface area is 173 Å². The summed E-state index contributed by atoms with van der Waals surface area (Å²) in [6.45, 7) is 4.83. The normalized spacial score (nSPS) is 12.6. The van der Waals surface area contributed by atoms with Crippen molar-refractivity contribution < 1.29 is 37.0 Å². The van der Waals surface area contributed by atoms with Crippen LogP contribution < -0.4 is 10.6 Å². The fraction of sp³-hybridized carbons (Fsp3) is 0.550. The minimum atomic E-state index is -4.96. The average molecular weight is 432 g/mol. The smallest absolute Gasteiger partial charge is 0.460 e. The van der Waals surface area contributed by atoms with Crippen LogP contribution in [0.3, 0.4) is 0 Å². The molecule has 0 fully saturated rings. The molecule has 0 spiro atoms. The van der Waals surface area contributed by atoms with Crippen LogP contribution in [0, 0.1) is 0 Å². The molecule has 168 valence electrons. The van der Waals surface area contributed by atoms with Crippen molar-refractivity contribution in [3.63, 3.8) is 0 Å². The van der Waals surface area contributed by atoms with Gasteiger partial charge in [-0.15, -0.1) is 0 Å². The first kappa shape index (κ1) is 25.3. The van der Waals surface area contributed by atoms with Gasteiger partial charge in [0.25, 0.3) is 0 Å². The summed E-state index contributed by atoms with van der Waals surface area (Å²) < 4.78 is 47.0. The third kappa shape index (κ3) is 11.3. The van der Waals surface area contributed by atoms with Crippen LogP contribution in [0.4, 0.5) is 18.0 Å². The molecule has 0 aliphatic rings. The predicted molar refractivity (Wildman–Crippen MR) is 102 cm³/mol. The Bertz CT molecular complexity index is 703. The van der Waals surface area contributed by atoms with E-state index >= 15 is 0 Å². The van der Waals surface area contributed by atoms with E-state index in [1.807, 2.05) is 6.07 Å². The molecule has 0 radical (unpaired) electrons. The SMILES string of the molecule is CC(C)(C)OC(=O)C[C@H](CCCNC(=O)C(F)(F)F)NC(=O)OCc1ccccc1. The summed E-state index contributed by atoms with van der Waals surface area (Å²) in [7, 11) is 0. The highest BCUT2D eigenvalue weighted by molar-refractivity contribution is 5.81. The summed E-state index contributed by atoms with van der Waals surface area (Å²) >= 11 is 0. The topological polar surface area (TPSA) is 93.7 Å². The molecule has 0 saturated heterocycles. The molecular formula is C20H27F3N2O5. The summed E-state index contributed by atoms with van der Waals surface area (Å²) in [6.07, 6.45) is -5.68. The zero-order valence-electron chi connectivity index (χ0n) is 17.2. The molecule has 0 unspecified atom stereocenters. The number of amides is 2. The molecule has 0 bridgehead atoms. The van der Waals surface area contributed by atoms with Crippen LogP contribution in [0.2, 0.25) is 0 Å². The van der Waals surface area contributed by atoms with Crippen molar-refractivity contribution in [2.24, 2.45) is 0 Å². The summed E-state index contributed by atoms with van der Waals surface area (Å²) in [5.41, 5.74) is 0.0436. The third-order valence-corrected chi connectivity index (χ3v) is 3.64. The minimum Gasteiger partial charge on any atom is -0.460 e. The maximum Gasteiger partial charge on any atom is 0.471 e. The lowest BCUT2D eigenvalue weighted by atomic mass is 10.1. The number of alkyl halides is 3. The fourth-order valence-corrected chi connectivity index (χ4v) is 2.39. The number of ether oxygens (including phenoxy) is 2. The van der Waals surface area contributed by atoms with Crippen molar-refractivity contribution in [2.75, 3.05) is 6.54 Å². The first-order chi connectivity index (χ1) is 13.9. The van der Waals surface area contributed by atoms with Gasteiger partial charge < -0.3 is 20.1 Å². The maximum absolute atomic E-state index is 12.2. The lowest BCUT2D eigenvalue weighted by Crippen LogP contribution is -2.40. The monoisotopic (exact) mass is 432 g/mol. The number of esters is 1. The van der Waals surface area contributed by atoms with E-state index in [0.717, 1.165) is 5.56 Å². The second-order valence-electron chi connectivity index (χ2n) is 7.59. The van der Waals surface area contributed by atoms with E-state index in [2.05, 4.69) is 5.32 Å². The predicted octanol–water partition coefficient (Wildman–Crippen LogP) is 3.47. The van der Waals surface area contributed by atoms with E-state index in [1.165, 1.54) is 0 Å². The van der Waals surface area contributed by atoms with Crippen LogP contribution >= 0.6 is 0 Å². The summed E-state index contributed by atoms with van der Waals surface area (Å²) in [6, 6.07) is 8.21. The molecule has 2 N–H and O–H groups in total. The zero-order valence-corrected chi connectivity index (χ0v) is 17.2. The molecule has 2 amide bonds. The Morgan fingerprint density at radius 3 is 2.27 bits per heavy atom. The van der Waals surface area contributed by atoms with Gasteiger partial charge in [0.05, 0.1) is 6.42 Å². The molecule has 1 rings (SSSR count). The van der Waals surface area contributed by atoms with E-state index in [9.17, 15) is 27.6 Å². The number of rotatable bonds is 9. The Morgan fingerprint density at radius 2 is 1.70 bits per heavy atom. The first-order valence-electron chi connectivity index (χ1n) is 9.41. The van der Waals surface area contributed by atoms with Crippen LogP contribution in [0.5, 0.6) is 0 Å². The van der Waals surface area contributed by atoms with Crippen LogP contribution in [-0.4, -0.2) is 42.3 Å². The molecule has 7 nitrogen and oxygen atoms in total. The van der Waals surface area contributed by atoms with Gasteiger partial charge in [-0.1, -0.05) is 30.3 Å². The molecular weight excluding hydrogens is 405 g/mol. The molecule has 0 aliphatic carbocycles. The van der Waals surface area contributed by atoms with Gasteiger partial charge in [0.15, 0.2) is 0 Å². The molecule has 1 atom stereocenters. The number of hydrogen-bond acceptors (Lipinski definition) is 5. The lowest BCUT2D eigenvalue weighted by Gasteiger charge is -2.23. The summed E-state index contributed by atoms with van der Waals surface area (Å²) in [4.78, 5) is 35.0. The van der Waals surface area contributed by atoms with Gasteiger partial charge in [0, 0.05) is 12.6 Å². The highest BCUT2D eigenvalue weighted by Crippen LogP contribution is 2.15. The number of nitrogens with one attached hydrogen (secondary N) is 2. The average Bonchev–Trinajstić information content (AvgIpc) is 2.61. The third-order valence-electron chi connectivity index (χ3n) is 3.64. The van der Waals surface area contributed by atoms with Crippen molar-refractivity contribution in [2.45, 2.75) is 64.5 Å². The number of carbonyl (C=O) groups is 3. The largest absolute Gasteiger partial charge is 0.471 e. The van der Waals surface area contributed by atoms with Crippen LogP contribution in [0.15, 0.2) is 30.3 Å². The van der Waals surface area contributed by atoms with E-state index in [-0.39, 0.29) is 32.4 Å². The van der Waals surface area contributed by atoms with Crippen LogP contribution in [0.25, 0.3) is 0 Å². The summed E-state index contributed by atoms with van der Waals surface area (Å²) in [5, 5.41) is 4.27. The molecule has 10 heteroatoms. The molecule has 0 saturated carbocycles. The quantitative estimate of drug-likeness (QED) is 0.460. The van der Waals surface area contributed by atoms with Gasteiger partial charge in [0.2, 0.25) is 0 Å². The second-order valence-corrected chi connectivity index (χ2v) is 7.59. The van der Waals surface area contributed by atoms with Gasteiger partial charge in [0.1, 0.15) is 12.2 Å². The molecule has 0 aliphatic heterocycles. The van der Waals surface area contributed by atoms with E-state index in [1.54, 1.807) is 50.4 Å². The van der Waals surface area contributed by atoms with E-state index in [4.69, 9.17) is 9.47 Å².